The molecule has 0 N–H and O–H groups in total. The highest BCUT2D eigenvalue weighted by Gasteiger charge is 2.24. The van der Waals surface area contributed by atoms with Crippen LogP contribution in [0.15, 0.2) is 18.2 Å². The topological polar surface area (TPSA) is 15.7 Å². The highest BCUT2D eigenvalue weighted by molar-refractivity contribution is 5.40. The van der Waals surface area contributed by atoms with Crippen molar-refractivity contribution in [1.29, 1.82) is 0 Å². The number of hydrogen-bond donors (Lipinski definition) is 0. The molecule has 1 saturated carbocycles. The second-order valence-corrected chi connectivity index (χ2v) is 7.46. The maximum Gasteiger partial charge on any atom is 0.122 e. The standard InChI is InChI=1S/C20H30N2O/c1-2-5-19(4-1)22-11-3-10-21(13-14-22)12-8-17-6-7-18-9-15-23-20(18)16-17/h6-7,16,19H,1-5,8-15H2. The molecular weight excluding hydrogens is 284 g/mol. The summed E-state index contributed by atoms with van der Waals surface area (Å²) in [6.07, 6.45) is 9.35. The van der Waals surface area contributed by atoms with E-state index in [1.54, 1.807) is 0 Å². The van der Waals surface area contributed by atoms with Crippen LogP contribution in [-0.4, -0.2) is 55.2 Å². The van der Waals surface area contributed by atoms with E-state index in [1.165, 1.54) is 76.0 Å². The average Bonchev–Trinajstić information content (AvgIpc) is 3.21. The van der Waals surface area contributed by atoms with Crippen molar-refractivity contribution < 1.29 is 4.74 Å². The molecule has 0 bridgehead atoms. The van der Waals surface area contributed by atoms with Gasteiger partial charge in [-0.1, -0.05) is 25.0 Å². The predicted molar refractivity (Wildman–Crippen MR) is 94.2 cm³/mol. The van der Waals surface area contributed by atoms with E-state index in [2.05, 4.69) is 28.0 Å². The molecule has 1 aromatic carbocycles. The van der Waals surface area contributed by atoms with Crippen LogP contribution < -0.4 is 4.74 Å². The molecule has 3 nitrogen and oxygen atoms in total. The quantitative estimate of drug-likeness (QED) is 0.849. The van der Waals surface area contributed by atoms with Crippen LogP contribution >= 0.6 is 0 Å². The summed E-state index contributed by atoms with van der Waals surface area (Å²) in [6, 6.07) is 7.73. The zero-order valence-electron chi connectivity index (χ0n) is 14.3. The van der Waals surface area contributed by atoms with E-state index in [0.29, 0.717) is 0 Å². The second-order valence-electron chi connectivity index (χ2n) is 7.46. The normalized spacial score (nSPS) is 23.7. The maximum absolute atomic E-state index is 5.70. The Kier molecular flexibility index (Phi) is 4.86. The van der Waals surface area contributed by atoms with Gasteiger partial charge in [-0.05, 0) is 56.0 Å². The van der Waals surface area contributed by atoms with Gasteiger partial charge < -0.3 is 9.64 Å². The molecule has 2 heterocycles. The Hall–Kier alpha value is -1.06. The lowest BCUT2D eigenvalue weighted by Crippen LogP contribution is -2.37. The van der Waals surface area contributed by atoms with E-state index >= 15 is 0 Å². The molecule has 0 unspecified atom stereocenters. The molecule has 2 aliphatic heterocycles. The third kappa shape index (κ3) is 3.72. The van der Waals surface area contributed by atoms with Crippen molar-refractivity contribution in [2.24, 2.45) is 0 Å². The molecule has 3 aliphatic rings. The molecule has 23 heavy (non-hydrogen) atoms. The average molecular weight is 314 g/mol. The number of benzene rings is 1. The Bertz CT molecular complexity index is 524. The monoisotopic (exact) mass is 314 g/mol. The van der Waals surface area contributed by atoms with Crippen LogP contribution in [0.2, 0.25) is 0 Å². The molecule has 126 valence electrons. The van der Waals surface area contributed by atoms with E-state index < -0.39 is 0 Å². The van der Waals surface area contributed by atoms with Crippen LogP contribution in [0, 0.1) is 0 Å². The van der Waals surface area contributed by atoms with E-state index in [4.69, 9.17) is 4.74 Å². The lowest BCUT2D eigenvalue weighted by atomic mass is 10.1. The largest absolute Gasteiger partial charge is 0.493 e. The summed E-state index contributed by atoms with van der Waals surface area (Å²) in [6.45, 7) is 7.16. The van der Waals surface area contributed by atoms with Gasteiger partial charge in [-0.2, -0.15) is 0 Å². The highest BCUT2D eigenvalue weighted by Crippen LogP contribution is 2.27. The molecule has 0 atom stereocenters. The fraction of sp³-hybridized carbons (Fsp3) is 0.700. The van der Waals surface area contributed by atoms with Crippen LogP contribution in [0.1, 0.15) is 43.2 Å². The molecule has 0 spiro atoms. The molecular formula is C20H30N2O. The van der Waals surface area contributed by atoms with Gasteiger partial charge in [-0.25, -0.2) is 0 Å². The summed E-state index contributed by atoms with van der Waals surface area (Å²) in [5, 5.41) is 0. The Morgan fingerprint density at radius 1 is 1.00 bits per heavy atom. The molecule has 4 rings (SSSR count). The molecule has 0 aromatic heterocycles. The van der Waals surface area contributed by atoms with Gasteiger partial charge in [-0.15, -0.1) is 0 Å². The van der Waals surface area contributed by atoms with Crippen molar-refractivity contribution in [3.63, 3.8) is 0 Å². The van der Waals surface area contributed by atoms with Crippen LogP contribution in [-0.2, 0) is 12.8 Å². The lowest BCUT2D eigenvalue weighted by Gasteiger charge is -2.27. The smallest absolute Gasteiger partial charge is 0.122 e. The minimum atomic E-state index is 0.863. The Balaban J connectivity index is 1.28. The van der Waals surface area contributed by atoms with Gasteiger partial charge in [0, 0.05) is 32.1 Å². The van der Waals surface area contributed by atoms with Gasteiger partial charge in [0.2, 0.25) is 0 Å². The van der Waals surface area contributed by atoms with Crippen LogP contribution in [0.5, 0.6) is 5.75 Å². The van der Waals surface area contributed by atoms with Crippen molar-refractivity contribution in [3.8, 4) is 5.75 Å². The SMILES string of the molecule is c1cc2c(cc1CCN1CCCN(C3CCCC3)CC1)OCC2. The van der Waals surface area contributed by atoms with Crippen LogP contribution in [0.25, 0.3) is 0 Å². The Labute approximate surface area is 140 Å². The van der Waals surface area contributed by atoms with Crippen molar-refractivity contribution in [1.82, 2.24) is 9.80 Å². The molecule has 1 saturated heterocycles. The number of nitrogens with zero attached hydrogens (tertiary/aromatic N) is 2. The first-order chi connectivity index (χ1) is 11.4. The number of fused-ring (bicyclic) bond motifs is 1. The molecule has 0 amide bonds. The fourth-order valence-corrected chi connectivity index (χ4v) is 4.50. The van der Waals surface area contributed by atoms with Gasteiger partial charge in [-0.3, -0.25) is 4.90 Å². The van der Waals surface area contributed by atoms with Gasteiger partial charge in [0.15, 0.2) is 0 Å². The molecule has 3 heteroatoms. The molecule has 0 radical (unpaired) electrons. The lowest BCUT2D eigenvalue weighted by molar-refractivity contribution is 0.200. The van der Waals surface area contributed by atoms with E-state index in [9.17, 15) is 0 Å². The van der Waals surface area contributed by atoms with Crippen molar-refractivity contribution >= 4 is 0 Å². The summed E-state index contributed by atoms with van der Waals surface area (Å²) in [5.41, 5.74) is 2.82. The second kappa shape index (κ2) is 7.23. The van der Waals surface area contributed by atoms with Gasteiger partial charge >= 0.3 is 0 Å². The summed E-state index contributed by atoms with van der Waals surface area (Å²) >= 11 is 0. The van der Waals surface area contributed by atoms with Crippen molar-refractivity contribution in [2.75, 3.05) is 39.3 Å². The van der Waals surface area contributed by atoms with Gasteiger partial charge in [0.1, 0.15) is 5.75 Å². The minimum absolute atomic E-state index is 0.863. The summed E-state index contributed by atoms with van der Waals surface area (Å²) in [4.78, 5) is 5.44. The molecule has 2 fully saturated rings. The number of hydrogen-bond acceptors (Lipinski definition) is 3. The molecule has 1 aromatic rings. The van der Waals surface area contributed by atoms with E-state index in [-0.39, 0.29) is 0 Å². The zero-order valence-corrected chi connectivity index (χ0v) is 14.3. The Morgan fingerprint density at radius 3 is 2.83 bits per heavy atom. The van der Waals surface area contributed by atoms with Crippen molar-refractivity contribution in [3.05, 3.63) is 29.3 Å². The minimum Gasteiger partial charge on any atom is -0.493 e. The zero-order chi connectivity index (χ0) is 15.5. The summed E-state index contributed by atoms with van der Waals surface area (Å²) in [5.74, 6) is 1.13. The first-order valence-electron chi connectivity index (χ1n) is 9.59. The highest BCUT2D eigenvalue weighted by atomic mass is 16.5. The first kappa shape index (κ1) is 15.5. The van der Waals surface area contributed by atoms with Gasteiger partial charge in [0.25, 0.3) is 0 Å². The Morgan fingerprint density at radius 2 is 1.91 bits per heavy atom. The van der Waals surface area contributed by atoms with Crippen LogP contribution in [0.4, 0.5) is 0 Å². The third-order valence-corrected chi connectivity index (χ3v) is 5.94. The third-order valence-electron chi connectivity index (χ3n) is 5.94. The number of ether oxygens (including phenoxy) is 1. The van der Waals surface area contributed by atoms with E-state index in [1.807, 2.05) is 0 Å². The van der Waals surface area contributed by atoms with Crippen molar-refractivity contribution in [2.45, 2.75) is 51.0 Å². The van der Waals surface area contributed by atoms with Crippen LogP contribution in [0.3, 0.4) is 0 Å². The fourth-order valence-electron chi connectivity index (χ4n) is 4.50. The van der Waals surface area contributed by atoms with E-state index in [0.717, 1.165) is 31.2 Å². The number of rotatable bonds is 4. The maximum atomic E-state index is 5.70. The summed E-state index contributed by atoms with van der Waals surface area (Å²) in [7, 11) is 0. The summed E-state index contributed by atoms with van der Waals surface area (Å²) < 4.78 is 5.70. The predicted octanol–water partition coefficient (Wildman–Crippen LogP) is 3.11. The molecule has 1 aliphatic carbocycles. The van der Waals surface area contributed by atoms with Gasteiger partial charge in [0.05, 0.1) is 6.61 Å². The first-order valence-corrected chi connectivity index (χ1v) is 9.59.